The monoisotopic (exact) mass is 367 g/mol. The first kappa shape index (κ1) is 16.6. The topological polar surface area (TPSA) is 63.1 Å². The largest absolute Gasteiger partial charge is 0.373 e. The number of amides is 1. The molecular formula is C19H18ClN5O. The minimum Gasteiger partial charge on any atom is -0.373 e. The first-order valence-electron chi connectivity index (χ1n) is 8.37. The van der Waals surface area contributed by atoms with E-state index in [1.54, 1.807) is 29.4 Å². The maximum atomic E-state index is 13.3. The van der Waals surface area contributed by atoms with Gasteiger partial charge in [0.25, 0.3) is 5.91 Å². The molecule has 1 aliphatic rings. The van der Waals surface area contributed by atoms with Gasteiger partial charge in [0.15, 0.2) is 0 Å². The fraction of sp³-hybridized carbons (Fsp3) is 0.211. The zero-order valence-electron chi connectivity index (χ0n) is 14.5. The zero-order chi connectivity index (χ0) is 18.3. The average molecular weight is 368 g/mol. The Hall–Kier alpha value is -2.86. The molecule has 0 aliphatic carbocycles. The van der Waals surface area contributed by atoms with Gasteiger partial charge in [-0.15, -0.1) is 0 Å². The number of anilines is 2. The maximum absolute atomic E-state index is 13.3. The van der Waals surface area contributed by atoms with E-state index in [-0.39, 0.29) is 11.9 Å². The Morgan fingerprint density at radius 3 is 2.73 bits per heavy atom. The summed E-state index contributed by atoms with van der Waals surface area (Å²) in [6.07, 6.45) is 3.47. The van der Waals surface area contributed by atoms with Crippen LogP contribution in [0.1, 0.15) is 23.5 Å². The number of halogens is 1. The molecule has 0 saturated heterocycles. The Bertz CT molecular complexity index is 966. The third kappa shape index (κ3) is 2.72. The standard InChI is InChI=1S/C19H18ClN5O/c1-12-11-24(15-5-3-14(20)4-6-15)19(26)18-16(10-23-25(12)18)13-7-8-22-17(9-13)21-2/h3-10,12H,11H2,1-2H3,(H,21,22)/t12-/m0/s1. The van der Waals surface area contributed by atoms with Gasteiger partial charge >= 0.3 is 0 Å². The molecule has 6 nitrogen and oxygen atoms in total. The predicted octanol–water partition coefficient (Wildman–Crippen LogP) is 3.86. The van der Waals surface area contributed by atoms with Crippen molar-refractivity contribution >= 4 is 29.0 Å². The molecule has 1 aromatic carbocycles. The predicted molar refractivity (Wildman–Crippen MR) is 103 cm³/mol. The molecule has 0 saturated carbocycles. The van der Waals surface area contributed by atoms with E-state index >= 15 is 0 Å². The minimum atomic E-state index is -0.0688. The van der Waals surface area contributed by atoms with Gasteiger partial charge in [0.1, 0.15) is 11.5 Å². The Morgan fingerprint density at radius 2 is 2.00 bits per heavy atom. The third-order valence-electron chi connectivity index (χ3n) is 4.57. The van der Waals surface area contributed by atoms with E-state index in [1.165, 1.54) is 0 Å². The first-order valence-corrected chi connectivity index (χ1v) is 8.75. The van der Waals surface area contributed by atoms with Crippen molar-refractivity contribution in [2.24, 2.45) is 0 Å². The molecule has 1 aliphatic heterocycles. The summed E-state index contributed by atoms with van der Waals surface area (Å²) >= 11 is 5.98. The van der Waals surface area contributed by atoms with Crippen molar-refractivity contribution < 1.29 is 4.79 Å². The number of nitrogens with one attached hydrogen (secondary N) is 1. The molecule has 132 valence electrons. The van der Waals surface area contributed by atoms with E-state index in [4.69, 9.17) is 11.6 Å². The van der Waals surface area contributed by atoms with E-state index in [1.807, 2.05) is 36.0 Å². The van der Waals surface area contributed by atoms with Crippen molar-refractivity contribution in [3.63, 3.8) is 0 Å². The molecule has 1 atom stereocenters. The molecule has 0 bridgehead atoms. The SMILES string of the molecule is CNc1cc(-c2cnn3c2C(=O)N(c2ccc(Cl)cc2)C[C@@H]3C)ccn1. The fourth-order valence-corrected chi connectivity index (χ4v) is 3.38. The summed E-state index contributed by atoms with van der Waals surface area (Å²) in [7, 11) is 1.81. The number of fused-ring (bicyclic) bond motifs is 1. The molecule has 26 heavy (non-hydrogen) atoms. The van der Waals surface area contributed by atoms with Crippen LogP contribution in [0.2, 0.25) is 5.02 Å². The quantitative estimate of drug-likeness (QED) is 0.763. The summed E-state index contributed by atoms with van der Waals surface area (Å²) in [5.74, 6) is 0.675. The van der Waals surface area contributed by atoms with Crippen LogP contribution < -0.4 is 10.2 Å². The van der Waals surface area contributed by atoms with Crippen LogP contribution in [-0.4, -0.2) is 34.3 Å². The van der Waals surface area contributed by atoms with Crippen LogP contribution in [0, 0.1) is 0 Å². The number of carbonyl (C=O) groups is 1. The number of rotatable bonds is 3. The van der Waals surface area contributed by atoms with Crippen molar-refractivity contribution in [2.75, 3.05) is 23.8 Å². The van der Waals surface area contributed by atoms with Crippen LogP contribution in [0.25, 0.3) is 11.1 Å². The lowest BCUT2D eigenvalue weighted by Gasteiger charge is -2.32. The normalized spacial score (nSPS) is 16.5. The molecule has 2 aromatic heterocycles. The van der Waals surface area contributed by atoms with E-state index in [0.29, 0.717) is 17.3 Å². The molecule has 0 unspecified atom stereocenters. The molecule has 0 fully saturated rings. The molecule has 4 rings (SSSR count). The lowest BCUT2D eigenvalue weighted by molar-refractivity contribution is 0.0954. The summed E-state index contributed by atoms with van der Waals surface area (Å²) in [5, 5.41) is 8.14. The van der Waals surface area contributed by atoms with Crippen molar-refractivity contribution in [3.8, 4) is 11.1 Å². The summed E-state index contributed by atoms with van der Waals surface area (Å²) in [4.78, 5) is 19.3. The molecule has 7 heteroatoms. The van der Waals surface area contributed by atoms with Gasteiger partial charge < -0.3 is 10.2 Å². The highest BCUT2D eigenvalue weighted by molar-refractivity contribution is 6.30. The van der Waals surface area contributed by atoms with E-state index in [2.05, 4.69) is 22.3 Å². The number of benzene rings is 1. The summed E-state index contributed by atoms with van der Waals surface area (Å²) in [5.41, 5.74) is 3.13. The van der Waals surface area contributed by atoms with Gasteiger partial charge in [-0.2, -0.15) is 5.10 Å². The van der Waals surface area contributed by atoms with E-state index in [9.17, 15) is 4.79 Å². The van der Waals surface area contributed by atoms with Crippen molar-refractivity contribution in [1.82, 2.24) is 14.8 Å². The highest BCUT2D eigenvalue weighted by Gasteiger charge is 2.33. The number of carbonyl (C=O) groups excluding carboxylic acids is 1. The second-order valence-electron chi connectivity index (χ2n) is 6.27. The maximum Gasteiger partial charge on any atom is 0.277 e. The summed E-state index contributed by atoms with van der Waals surface area (Å²) < 4.78 is 1.81. The van der Waals surface area contributed by atoms with Gasteiger partial charge in [0, 0.05) is 36.1 Å². The van der Waals surface area contributed by atoms with Gasteiger partial charge in [-0.1, -0.05) is 11.6 Å². The number of pyridine rings is 1. The van der Waals surface area contributed by atoms with Crippen LogP contribution in [0.4, 0.5) is 11.5 Å². The lowest BCUT2D eigenvalue weighted by Crippen LogP contribution is -2.42. The lowest BCUT2D eigenvalue weighted by atomic mass is 10.0. The van der Waals surface area contributed by atoms with Gasteiger partial charge in [0.05, 0.1) is 12.2 Å². The second-order valence-corrected chi connectivity index (χ2v) is 6.71. The van der Waals surface area contributed by atoms with E-state index in [0.717, 1.165) is 22.6 Å². The number of nitrogens with zero attached hydrogens (tertiary/aromatic N) is 4. The van der Waals surface area contributed by atoms with Crippen molar-refractivity contribution in [2.45, 2.75) is 13.0 Å². The van der Waals surface area contributed by atoms with Gasteiger partial charge in [0.2, 0.25) is 0 Å². The third-order valence-corrected chi connectivity index (χ3v) is 4.82. The molecule has 0 radical (unpaired) electrons. The average Bonchev–Trinajstić information content (AvgIpc) is 3.11. The fourth-order valence-electron chi connectivity index (χ4n) is 3.25. The highest BCUT2D eigenvalue weighted by atomic mass is 35.5. The summed E-state index contributed by atoms with van der Waals surface area (Å²) in [6.45, 7) is 2.62. The Morgan fingerprint density at radius 1 is 1.23 bits per heavy atom. The Labute approximate surface area is 156 Å². The van der Waals surface area contributed by atoms with Crippen LogP contribution in [0.3, 0.4) is 0 Å². The molecule has 3 heterocycles. The first-order chi connectivity index (χ1) is 12.6. The van der Waals surface area contributed by atoms with Crippen LogP contribution in [0.5, 0.6) is 0 Å². The van der Waals surface area contributed by atoms with Crippen LogP contribution >= 0.6 is 11.6 Å². The zero-order valence-corrected chi connectivity index (χ0v) is 15.2. The second kappa shape index (κ2) is 6.46. The van der Waals surface area contributed by atoms with E-state index < -0.39 is 0 Å². The highest BCUT2D eigenvalue weighted by Crippen LogP contribution is 2.33. The molecule has 1 N–H and O–H groups in total. The van der Waals surface area contributed by atoms with Gasteiger partial charge in [-0.3, -0.25) is 9.48 Å². The van der Waals surface area contributed by atoms with Gasteiger partial charge in [-0.25, -0.2) is 4.98 Å². The minimum absolute atomic E-state index is 0.0673. The molecule has 0 spiro atoms. The molecular weight excluding hydrogens is 350 g/mol. The Kier molecular flexibility index (Phi) is 4.12. The summed E-state index contributed by atoms with van der Waals surface area (Å²) in [6, 6.07) is 11.2. The van der Waals surface area contributed by atoms with Crippen molar-refractivity contribution in [1.29, 1.82) is 0 Å². The van der Waals surface area contributed by atoms with Crippen LogP contribution in [-0.2, 0) is 0 Å². The van der Waals surface area contributed by atoms with Gasteiger partial charge in [-0.05, 0) is 48.9 Å². The molecule has 1 amide bonds. The number of hydrogen-bond acceptors (Lipinski definition) is 4. The van der Waals surface area contributed by atoms with Crippen LogP contribution in [0.15, 0.2) is 48.8 Å². The smallest absolute Gasteiger partial charge is 0.277 e. The number of hydrogen-bond donors (Lipinski definition) is 1. The molecule has 3 aromatic rings. The Balaban J connectivity index is 1.80. The number of aromatic nitrogens is 3. The van der Waals surface area contributed by atoms with Crippen molar-refractivity contribution in [3.05, 3.63) is 59.5 Å².